The van der Waals surface area contributed by atoms with Gasteiger partial charge in [0.15, 0.2) is 0 Å². The number of nitrogens with one attached hydrogen (secondary N) is 1. The minimum Gasteiger partial charge on any atom is -0.480 e. The predicted octanol–water partition coefficient (Wildman–Crippen LogP) is 3.58. The number of halogens is 3. The third kappa shape index (κ3) is 4.50. The van der Waals surface area contributed by atoms with Crippen LogP contribution in [0.5, 0.6) is 0 Å². The van der Waals surface area contributed by atoms with Gasteiger partial charge in [-0.25, -0.2) is 4.79 Å². The van der Waals surface area contributed by atoms with Gasteiger partial charge < -0.3 is 10.4 Å². The highest BCUT2D eigenvalue weighted by atomic mass is 127. The summed E-state index contributed by atoms with van der Waals surface area (Å²) < 4.78 is 0.543. The van der Waals surface area contributed by atoms with Crippen LogP contribution in [0.2, 0.25) is 10.0 Å². The minimum absolute atomic E-state index is 0.278. The van der Waals surface area contributed by atoms with Gasteiger partial charge in [-0.1, -0.05) is 36.5 Å². The minimum atomic E-state index is -1.06. The first-order valence-electron chi connectivity index (χ1n) is 5.55. The Balaban J connectivity index is 2.97. The lowest BCUT2D eigenvalue weighted by Crippen LogP contribution is -2.40. The zero-order valence-corrected chi connectivity index (χ0v) is 13.7. The summed E-state index contributed by atoms with van der Waals surface area (Å²) in [5, 5.41) is 12.2. The van der Waals surface area contributed by atoms with Crippen LogP contribution in [-0.4, -0.2) is 23.0 Å². The third-order valence-electron chi connectivity index (χ3n) is 2.42. The topological polar surface area (TPSA) is 66.4 Å². The molecule has 0 bridgehead atoms. The quantitative estimate of drug-likeness (QED) is 0.570. The van der Waals surface area contributed by atoms with Crippen LogP contribution in [0.15, 0.2) is 12.1 Å². The van der Waals surface area contributed by atoms with Crippen molar-refractivity contribution < 1.29 is 14.7 Å². The molecule has 4 nitrogen and oxygen atoms in total. The van der Waals surface area contributed by atoms with Gasteiger partial charge in [-0.05, 0) is 41.1 Å². The van der Waals surface area contributed by atoms with E-state index in [4.69, 9.17) is 28.3 Å². The second kappa shape index (κ2) is 7.31. The zero-order chi connectivity index (χ0) is 14.6. The molecule has 0 aliphatic carbocycles. The number of hydrogen-bond acceptors (Lipinski definition) is 2. The molecule has 0 aliphatic rings. The fourth-order valence-corrected chi connectivity index (χ4v) is 2.55. The Morgan fingerprint density at radius 1 is 1.42 bits per heavy atom. The maximum atomic E-state index is 12.1. The highest BCUT2D eigenvalue weighted by Gasteiger charge is 2.21. The Labute approximate surface area is 134 Å². The van der Waals surface area contributed by atoms with E-state index in [1.54, 1.807) is 0 Å². The number of carbonyl (C=O) groups excluding carboxylic acids is 1. The summed E-state index contributed by atoms with van der Waals surface area (Å²) in [6, 6.07) is 2.09. The summed E-state index contributed by atoms with van der Waals surface area (Å²) in [7, 11) is 0. The van der Waals surface area contributed by atoms with Crippen LogP contribution in [0.3, 0.4) is 0 Å². The van der Waals surface area contributed by atoms with Gasteiger partial charge in [-0.2, -0.15) is 0 Å². The predicted molar refractivity (Wildman–Crippen MR) is 83.0 cm³/mol. The number of aliphatic carboxylic acids is 1. The third-order valence-corrected chi connectivity index (χ3v) is 4.42. The molecule has 0 spiro atoms. The average Bonchev–Trinajstić information content (AvgIpc) is 2.32. The van der Waals surface area contributed by atoms with Gasteiger partial charge in [0.25, 0.3) is 5.91 Å². The Hall–Kier alpha value is -0.530. The number of amides is 1. The van der Waals surface area contributed by atoms with E-state index in [9.17, 15) is 9.59 Å². The van der Waals surface area contributed by atoms with Crippen molar-refractivity contribution in [3.8, 4) is 0 Å². The molecule has 1 amide bonds. The highest BCUT2D eigenvalue weighted by Crippen LogP contribution is 2.26. The first-order valence-corrected chi connectivity index (χ1v) is 7.38. The first kappa shape index (κ1) is 16.5. The van der Waals surface area contributed by atoms with Gasteiger partial charge >= 0.3 is 5.97 Å². The number of carboxylic acids is 1. The van der Waals surface area contributed by atoms with Crippen LogP contribution in [0, 0.1) is 3.57 Å². The van der Waals surface area contributed by atoms with Crippen LogP contribution in [0.4, 0.5) is 0 Å². The van der Waals surface area contributed by atoms with E-state index in [-0.39, 0.29) is 5.56 Å². The van der Waals surface area contributed by atoms with E-state index in [2.05, 4.69) is 5.32 Å². The zero-order valence-electron chi connectivity index (χ0n) is 10.0. The summed E-state index contributed by atoms with van der Waals surface area (Å²) in [5.74, 6) is -1.55. The van der Waals surface area contributed by atoms with Gasteiger partial charge in [0.1, 0.15) is 6.04 Å². The number of carboxylic acid groups (broad SMARTS) is 1. The number of benzene rings is 1. The van der Waals surface area contributed by atoms with E-state index >= 15 is 0 Å². The van der Waals surface area contributed by atoms with Crippen LogP contribution in [0.1, 0.15) is 30.1 Å². The summed E-state index contributed by atoms with van der Waals surface area (Å²) >= 11 is 13.7. The Morgan fingerprint density at radius 3 is 2.58 bits per heavy atom. The molecule has 0 saturated heterocycles. The SMILES string of the molecule is CCCC(NC(=O)c1cc(Cl)cc(Cl)c1I)C(=O)O. The monoisotopic (exact) mass is 415 g/mol. The molecule has 1 unspecified atom stereocenters. The molecule has 2 N–H and O–H groups in total. The van der Waals surface area contributed by atoms with E-state index < -0.39 is 17.9 Å². The molecule has 1 aromatic carbocycles. The van der Waals surface area contributed by atoms with Gasteiger partial charge in [0, 0.05) is 8.59 Å². The molecule has 0 saturated carbocycles. The standard InChI is InChI=1S/C12H12Cl2INO3/c1-2-3-9(12(18)19)16-11(17)7-4-6(13)5-8(14)10(7)15/h4-5,9H,2-3H2,1H3,(H,16,17)(H,18,19). The molecule has 0 radical (unpaired) electrons. The summed E-state index contributed by atoms with van der Waals surface area (Å²) in [6.45, 7) is 1.85. The average molecular weight is 416 g/mol. The van der Waals surface area contributed by atoms with Gasteiger partial charge in [-0.3, -0.25) is 4.79 Å². The Bertz CT molecular complexity index is 508. The summed E-state index contributed by atoms with van der Waals surface area (Å²) in [5.41, 5.74) is 0.278. The molecular formula is C12H12Cl2INO3. The normalized spacial score (nSPS) is 12.0. The van der Waals surface area contributed by atoms with Crippen molar-refractivity contribution in [2.75, 3.05) is 0 Å². The van der Waals surface area contributed by atoms with Crippen LogP contribution in [-0.2, 0) is 4.79 Å². The molecule has 0 aliphatic heterocycles. The van der Waals surface area contributed by atoms with E-state index in [0.29, 0.717) is 26.5 Å². The van der Waals surface area contributed by atoms with Crippen molar-refractivity contribution in [2.24, 2.45) is 0 Å². The molecule has 1 aromatic rings. The van der Waals surface area contributed by atoms with Crippen LogP contribution in [0.25, 0.3) is 0 Å². The second-order valence-corrected chi connectivity index (χ2v) is 5.82. The van der Waals surface area contributed by atoms with Crippen molar-refractivity contribution in [2.45, 2.75) is 25.8 Å². The molecular weight excluding hydrogens is 404 g/mol. The summed E-state index contributed by atoms with van der Waals surface area (Å²) in [4.78, 5) is 23.1. The molecule has 104 valence electrons. The van der Waals surface area contributed by atoms with Crippen LogP contribution < -0.4 is 5.32 Å². The van der Waals surface area contributed by atoms with E-state index in [1.165, 1.54) is 12.1 Å². The lowest BCUT2D eigenvalue weighted by molar-refractivity contribution is -0.139. The molecule has 1 rings (SSSR count). The van der Waals surface area contributed by atoms with Gasteiger partial charge in [0.05, 0.1) is 10.6 Å². The lowest BCUT2D eigenvalue weighted by Gasteiger charge is -2.14. The molecule has 0 aromatic heterocycles. The van der Waals surface area contributed by atoms with Crippen molar-refractivity contribution >= 4 is 57.7 Å². The van der Waals surface area contributed by atoms with E-state index in [1.807, 2.05) is 29.5 Å². The molecule has 19 heavy (non-hydrogen) atoms. The largest absolute Gasteiger partial charge is 0.480 e. The number of carbonyl (C=O) groups is 2. The van der Waals surface area contributed by atoms with E-state index in [0.717, 1.165) is 0 Å². The maximum Gasteiger partial charge on any atom is 0.326 e. The van der Waals surface area contributed by atoms with Crippen molar-refractivity contribution in [3.63, 3.8) is 0 Å². The van der Waals surface area contributed by atoms with Gasteiger partial charge in [-0.15, -0.1) is 0 Å². The second-order valence-electron chi connectivity index (χ2n) is 3.90. The fourth-order valence-electron chi connectivity index (χ4n) is 1.50. The van der Waals surface area contributed by atoms with Crippen molar-refractivity contribution in [1.82, 2.24) is 5.32 Å². The summed E-state index contributed by atoms with van der Waals surface area (Å²) in [6.07, 6.45) is 1.02. The first-order chi connectivity index (χ1) is 8.86. The maximum absolute atomic E-state index is 12.1. The molecule has 7 heteroatoms. The van der Waals surface area contributed by atoms with Crippen LogP contribution >= 0.6 is 45.8 Å². The fraction of sp³-hybridized carbons (Fsp3) is 0.333. The smallest absolute Gasteiger partial charge is 0.326 e. The Morgan fingerprint density at radius 2 is 2.05 bits per heavy atom. The van der Waals surface area contributed by atoms with Crippen molar-refractivity contribution in [3.05, 3.63) is 31.3 Å². The van der Waals surface area contributed by atoms with Gasteiger partial charge in [0.2, 0.25) is 0 Å². The number of rotatable bonds is 5. The molecule has 0 heterocycles. The van der Waals surface area contributed by atoms with Crippen molar-refractivity contribution in [1.29, 1.82) is 0 Å². The number of hydrogen-bond donors (Lipinski definition) is 2. The Kier molecular flexibility index (Phi) is 6.35. The molecule has 0 fully saturated rings. The lowest BCUT2D eigenvalue weighted by atomic mass is 10.1. The highest BCUT2D eigenvalue weighted by molar-refractivity contribution is 14.1. The molecule has 1 atom stereocenters.